The first-order valence-corrected chi connectivity index (χ1v) is 6.42. The second kappa shape index (κ2) is 6.44. The van der Waals surface area contributed by atoms with Crippen molar-refractivity contribution in [3.05, 3.63) is 39.4 Å². The number of hydrogen-bond donors (Lipinski definition) is 2. The molecule has 108 valence electrons. The van der Waals surface area contributed by atoms with E-state index in [1.807, 2.05) is 0 Å². The summed E-state index contributed by atoms with van der Waals surface area (Å²) < 4.78 is 5.29. The zero-order chi connectivity index (χ0) is 14.5. The lowest BCUT2D eigenvalue weighted by Crippen LogP contribution is -2.48. The van der Waals surface area contributed by atoms with E-state index in [1.54, 1.807) is 13.0 Å². The number of hydrogen-bond acceptors (Lipinski definition) is 5. The van der Waals surface area contributed by atoms with Gasteiger partial charge in [0.1, 0.15) is 0 Å². The highest BCUT2D eigenvalue weighted by Gasteiger charge is 2.17. The summed E-state index contributed by atoms with van der Waals surface area (Å²) in [6.45, 7) is 4.17. The van der Waals surface area contributed by atoms with Gasteiger partial charge >= 0.3 is 0 Å². The number of carbonyl (C=O) groups excluding carboxylic acids is 1. The Morgan fingerprint density at radius 3 is 3.05 bits per heavy atom. The van der Waals surface area contributed by atoms with Crippen LogP contribution in [0.4, 0.5) is 5.69 Å². The van der Waals surface area contributed by atoms with Crippen molar-refractivity contribution in [1.82, 2.24) is 10.6 Å². The van der Waals surface area contributed by atoms with Crippen LogP contribution >= 0.6 is 0 Å². The summed E-state index contributed by atoms with van der Waals surface area (Å²) in [6.07, 6.45) is 0. The van der Waals surface area contributed by atoms with Crippen molar-refractivity contribution in [2.24, 2.45) is 0 Å². The molecule has 0 aromatic heterocycles. The lowest BCUT2D eigenvalue weighted by atomic mass is 10.1. The van der Waals surface area contributed by atoms with Gasteiger partial charge in [-0.25, -0.2) is 0 Å². The summed E-state index contributed by atoms with van der Waals surface area (Å²) >= 11 is 0. The molecule has 1 heterocycles. The number of nitrogens with one attached hydrogen (secondary N) is 2. The van der Waals surface area contributed by atoms with Gasteiger partial charge in [0.05, 0.1) is 18.1 Å². The van der Waals surface area contributed by atoms with Gasteiger partial charge in [-0.3, -0.25) is 14.9 Å². The van der Waals surface area contributed by atoms with E-state index >= 15 is 0 Å². The molecule has 1 aromatic rings. The van der Waals surface area contributed by atoms with Gasteiger partial charge in [0.2, 0.25) is 0 Å². The number of amides is 1. The zero-order valence-corrected chi connectivity index (χ0v) is 11.2. The highest BCUT2D eigenvalue weighted by molar-refractivity contribution is 5.96. The lowest BCUT2D eigenvalue weighted by Gasteiger charge is -2.24. The number of morpholine rings is 1. The monoisotopic (exact) mass is 279 g/mol. The van der Waals surface area contributed by atoms with Gasteiger partial charge in [-0.1, -0.05) is 6.07 Å². The van der Waals surface area contributed by atoms with Gasteiger partial charge in [0.25, 0.3) is 11.6 Å². The average molecular weight is 279 g/mol. The highest BCUT2D eigenvalue weighted by atomic mass is 16.6. The molecule has 7 nitrogen and oxygen atoms in total. The van der Waals surface area contributed by atoms with Gasteiger partial charge < -0.3 is 15.4 Å². The van der Waals surface area contributed by atoms with E-state index in [0.717, 1.165) is 6.54 Å². The third-order valence-corrected chi connectivity index (χ3v) is 3.18. The first kappa shape index (κ1) is 14.4. The van der Waals surface area contributed by atoms with E-state index in [0.29, 0.717) is 30.9 Å². The molecule has 0 saturated carbocycles. The summed E-state index contributed by atoms with van der Waals surface area (Å²) in [5, 5.41) is 16.7. The lowest BCUT2D eigenvalue weighted by molar-refractivity contribution is -0.384. The summed E-state index contributed by atoms with van der Waals surface area (Å²) in [7, 11) is 0. The van der Waals surface area contributed by atoms with Gasteiger partial charge in [-0.15, -0.1) is 0 Å². The number of nitro groups is 1. The van der Waals surface area contributed by atoms with Gasteiger partial charge in [0, 0.05) is 36.8 Å². The molecule has 1 unspecified atom stereocenters. The summed E-state index contributed by atoms with van der Waals surface area (Å²) in [4.78, 5) is 22.3. The molecule has 1 aliphatic heterocycles. The van der Waals surface area contributed by atoms with Crippen LogP contribution in [0.1, 0.15) is 15.9 Å². The molecule has 1 atom stereocenters. The predicted molar refractivity (Wildman–Crippen MR) is 72.8 cm³/mol. The third-order valence-electron chi connectivity index (χ3n) is 3.18. The molecular formula is C13H17N3O4. The van der Waals surface area contributed by atoms with E-state index in [4.69, 9.17) is 4.74 Å². The largest absolute Gasteiger partial charge is 0.378 e. The minimum atomic E-state index is -0.507. The molecule has 0 radical (unpaired) electrons. The van der Waals surface area contributed by atoms with E-state index in [-0.39, 0.29) is 17.6 Å². The number of aryl methyl sites for hydroxylation is 1. The maximum absolute atomic E-state index is 12.1. The second-order valence-electron chi connectivity index (χ2n) is 4.69. The predicted octanol–water partition coefficient (Wildman–Crippen LogP) is 0.621. The van der Waals surface area contributed by atoms with Gasteiger partial charge in [-0.05, 0) is 12.5 Å². The minimum Gasteiger partial charge on any atom is -0.378 e. The molecule has 0 spiro atoms. The average Bonchev–Trinajstić information content (AvgIpc) is 2.46. The molecule has 20 heavy (non-hydrogen) atoms. The first-order chi connectivity index (χ1) is 9.58. The Kier molecular flexibility index (Phi) is 4.65. The fourth-order valence-electron chi connectivity index (χ4n) is 2.03. The van der Waals surface area contributed by atoms with Crippen LogP contribution in [-0.2, 0) is 4.74 Å². The SMILES string of the molecule is Cc1ccc([N+](=O)[O-])cc1C(=O)NCC1COCCN1. The molecule has 1 amide bonds. The fourth-order valence-corrected chi connectivity index (χ4v) is 2.03. The molecule has 0 aliphatic carbocycles. The second-order valence-corrected chi connectivity index (χ2v) is 4.69. The first-order valence-electron chi connectivity index (χ1n) is 6.42. The van der Waals surface area contributed by atoms with E-state index in [2.05, 4.69) is 10.6 Å². The van der Waals surface area contributed by atoms with Crippen LogP contribution < -0.4 is 10.6 Å². The fraction of sp³-hybridized carbons (Fsp3) is 0.462. The van der Waals surface area contributed by atoms with Crippen molar-refractivity contribution in [1.29, 1.82) is 0 Å². The van der Waals surface area contributed by atoms with Crippen LogP contribution in [0.25, 0.3) is 0 Å². The van der Waals surface area contributed by atoms with Crippen molar-refractivity contribution in [2.45, 2.75) is 13.0 Å². The molecule has 1 fully saturated rings. The number of non-ortho nitro benzene ring substituents is 1. The summed E-state index contributed by atoms with van der Waals surface area (Å²) in [6, 6.07) is 4.35. The maximum atomic E-state index is 12.1. The molecular weight excluding hydrogens is 262 g/mol. The number of nitrogens with zero attached hydrogens (tertiary/aromatic N) is 1. The Morgan fingerprint density at radius 2 is 2.40 bits per heavy atom. The molecule has 1 saturated heterocycles. The van der Waals surface area contributed by atoms with Gasteiger partial charge in [0.15, 0.2) is 0 Å². The van der Waals surface area contributed by atoms with Crippen LogP contribution in [0.15, 0.2) is 18.2 Å². The van der Waals surface area contributed by atoms with Crippen molar-refractivity contribution < 1.29 is 14.5 Å². The Morgan fingerprint density at radius 1 is 1.60 bits per heavy atom. The minimum absolute atomic E-state index is 0.0757. The number of nitro benzene ring substituents is 1. The summed E-state index contributed by atoms with van der Waals surface area (Å²) in [5.74, 6) is -0.307. The standard InChI is InChI=1S/C13H17N3O4/c1-9-2-3-11(16(18)19)6-12(9)13(17)15-7-10-8-20-5-4-14-10/h2-3,6,10,14H,4-5,7-8H2,1H3,(H,15,17). The number of ether oxygens (including phenoxy) is 1. The van der Waals surface area contributed by atoms with Crippen LogP contribution in [-0.4, -0.2) is 43.2 Å². The Labute approximate surface area is 116 Å². The van der Waals surface area contributed by atoms with Crippen molar-refractivity contribution in [3.8, 4) is 0 Å². The Bertz CT molecular complexity index is 512. The van der Waals surface area contributed by atoms with E-state index in [9.17, 15) is 14.9 Å². The quantitative estimate of drug-likeness (QED) is 0.622. The van der Waals surface area contributed by atoms with Crippen molar-refractivity contribution >= 4 is 11.6 Å². The normalized spacial score (nSPS) is 18.6. The van der Waals surface area contributed by atoms with Gasteiger partial charge in [-0.2, -0.15) is 0 Å². The van der Waals surface area contributed by atoms with Crippen LogP contribution in [0.3, 0.4) is 0 Å². The molecule has 1 aliphatic rings. The highest BCUT2D eigenvalue weighted by Crippen LogP contribution is 2.17. The van der Waals surface area contributed by atoms with Crippen molar-refractivity contribution in [2.75, 3.05) is 26.3 Å². The molecule has 0 bridgehead atoms. The van der Waals surface area contributed by atoms with E-state index < -0.39 is 4.92 Å². The molecule has 2 N–H and O–H groups in total. The molecule has 7 heteroatoms. The molecule has 2 rings (SSSR count). The maximum Gasteiger partial charge on any atom is 0.270 e. The number of carbonyl (C=O) groups is 1. The topological polar surface area (TPSA) is 93.5 Å². The smallest absolute Gasteiger partial charge is 0.270 e. The summed E-state index contributed by atoms with van der Waals surface area (Å²) in [5.41, 5.74) is 0.955. The Balaban J connectivity index is 2.00. The Hall–Kier alpha value is -1.99. The van der Waals surface area contributed by atoms with E-state index in [1.165, 1.54) is 12.1 Å². The third kappa shape index (κ3) is 3.52. The zero-order valence-electron chi connectivity index (χ0n) is 11.2. The van der Waals surface area contributed by atoms with Crippen LogP contribution in [0, 0.1) is 17.0 Å². The van der Waals surface area contributed by atoms with Crippen LogP contribution in [0.5, 0.6) is 0 Å². The van der Waals surface area contributed by atoms with Crippen molar-refractivity contribution in [3.63, 3.8) is 0 Å². The van der Waals surface area contributed by atoms with Crippen LogP contribution in [0.2, 0.25) is 0 Å². The number of rotatable bonds is 4. The number of benzene rings is 1. The molecule has 1 aromatic carbocycles.